The molecule has 0 aliphatic carbocycles. The maximum Gasteiger partial charge on any atom is 0.253 e. The van der Waals surface area contributed by atoms with Crippen LogP contribution in [-0.4, -0.2) is 17.6 Å². The van der Waals surface area contributed by atoms with E-state index in [4.69, 9.17) is 15.6 Å². The zero-order chi connectivity index (χ0) is 21.1. The summed E-state index contributed by atoms with van der Waals surface area (Å²) in [6.07, 6.45) is 5.32. The molecule has 0 saturated heterocycles. The lowest BCUT2D eigenvalue weighted by Gasteiger charge is -2.10. The largest absolute Gasteiger partial charge is 0.457 e. The van der Waals surface area contributed by atoms with E-state index < -0.39 is 0 Å². The van der Waals surface area contributed by atoms with E-state index in [-0.39, 0.29) is 18.4 Å². The summed E-state index contributed by atoms with van der Waals surface area (Å²) in [5.41, 5.74) is 7.80. The number of amides is 1. The third-order valence-electron chi connectivity index (χ3n) is 4.43. The maximum absolute atomic E-state index is 12.5. The zero-order valence-corrected chi connectivity index (χ0v) is 17.1. The second-order valence-corrected chi connectivity index (χ2v) is 7.04. The predicted molar refractivity (Wildman–Crippen MR) is 116 cm³/mol. The number of nitrogens with one attached hydrogen (secondary N) is 1. The molecular formula is C24H30N2O3. The number of carbonyl (C=O) groups excluding carboxylic acids is 1. The van der Waals surface area contributed by atoms with Gasteiger partial charge in [-0.25, -0.2) is 0 Å². The van der Waals surface area contributed by atoms with Crippen LogP contribution in [0, 0.1) is 5.92 Å². The minimum Gasteiger partial charge on any atom is -0.457 e. The predicted octanol–water partition coefficient (Wildman–Crippen LogP) is 4.29. The van der Waals surface area contributed by atoms with Crippen molar-refractivity contribution in [2.24, 2.45) is 11.7 Å². The molecule has 2 aromatic rings. The van der Waals surface area contributed by atoms with Crippen LogP contribution in [0.25, 0.3) is 0 Å². The molecule has 0 radical (unpaired) electrons. The highest BCUT2D eigenvalue weighted by Crippen LogP contribution is 2.21. The fourth-order valence-electron chi connectivity index (χ4n) is 2.73. The number of hydrogen-bond donors (Lipinski definition) is 3. The molecule has 0 spiro atoms. The smallest absolute Gasteiger partial charge is 0.253 e. The van der Waals surface area contributed by atoms with Crippen LogP contribution >= 0.6 is 0 Å². The van der Waals surface area contributed by atoms with Crippen LogP contribution in [0.2, 0.25) is 0 Å². The lowest BCUT2D eigenvalue weighted by Crippen LogP contribution is -2.25. The summed E-state index contributed by atoms with van der Waals surface area (Å²) in [4.78, 5) is 12.5. The van der Waals surface area contributed by atoms with E-state index in [0.29, 0.717) is 17.8 Å². The molecule has 2 aromatic carbocycles. The average molecular weight is 395 g/mol. The van der Waals surface area contributed by atoms with Crippen LogP contribution < -0.4 is 15.8 Å². The van der Waals surface area contributed by atoms with Gasteiger partial charge in [-0.2, -0.15) is 0 Å². The van der Waals surface area contributed by atoms with Crippen LogP contribution in [0.1, 0.15) is 32.3 Å². The topological polar surface area (TPSA) is 84.6 Å². The molecule has 0 fully saturated rings. The minimum absolute atomic E-state index is 0.173. The average Bonchev–Trinajstić information content (AvgIpc) is 2.72. The Bertz CT molecular complexity index is 823. The Morgan fingerprint density at radius 2 is 1.79 bits per heavy atom. The number of allylic oxidation sites excluding steroid dienone is 2. The van der Waals surface area contributed by atoms with Gasteiger partial charge in [0.05, 0.1) is 5.57 Å². The van der Waals surface area contributed by atoms with E-state index in [9.17, 15) is 4.79 Å². The Morgan fingerprint density at radius 3 is 2.41 bits per heavy atom. The molecule has 1 amide bonds. The molecule has 154 valence electrons. The molecule has 0 aliphatic heterocycles. The molecule has 5 nitrogen and oxygen atoms in total. The van der Waals surface area contributed by atoms with E-state index in [1.165, 1.54) is 0 Å². The van der Waals surface area contributed by atoms with Crippen LogP contribution in [0.4, 0.5) is 0 Å². The van der Waals surface area contributed by atoms with Crippen molar-refractivity contribution < 1.29 is 14.6 Å². The molecule has 29 heavy (non-hydrogen) atoms. The standard InChI is InChI=1S/C24H30N2O3/c1-18(7-6-16-27)10-15-23(19(2)25)24(28)26-17-20-11-13-22(14-12-20)29-21-8-4-3-5-9-21/h3-5,8-15,18,27H,6-7,16-17,25H2,1-2H3,(H,26,28)/b15-10-,23-19-. The Labute approximate surface area is 172 Å². The number of rotatable bonds is 10. The first-order valence-corrected chi connectivity index (χ1v) is 9.85. The summed E-state index contributed by atoms with van der Waals surface area (Å²) < 4.78 is 5.77. The summed E-state index contributed by atoms with van der Waals surface area (Å²) in [5.74, 6) is 1.58. The molecule has 0 aliphatic rings. The van der Waals surface area contributed by atoms with Gasteiger partial charge in [-0.3, -0.25) is 4.79 Å². The number of benzene rings is 2. The number of hydrogen-bond acceptors (Lipinski definition) is 4. The molecule has 4 N–H and O–H groups in total. The highest BCUT2D eigenvalue weighted by molar-refractivity contribution is 5.96. The summed E-state index contributed by atoms with van der Waals surface area (Å²) >= 11 is 0. The van der Waals surface area contributed by atoms with Gasteiger partial charge in [0.1, 0.15) is 11.5 Å². The van der Waals surface area contributed by atoms with Gasteiger partial charge in [0.15, 0.2) is 0 Å². The zero-order valence-electron chi connectivity index (χ0n) is 17.1. The van der Waals surface area contributed by atoms with Gasteiger partial charge >= 0.3 is 0 Å². The van der Waals surface area contributed by atoms with Gasteiger partial charge in [0, 0.05) is 18.8 Å². The van der Waals surface area contributed by atoms with Crippen molar-refractivity contribution in [1.29, 1.82) is 0 Å². The third kappa shape index (κ3) is 7.84. The van der Waals surface area contributed by atoms with Gasteiger partial charge < -0.3 is 20.9 Å². The van der Waals surface area contributed by atoms with E-state index >= 15 is 0 Å². The molecule has 0 heterocycles. The summed E-state index contributed by atoms with van der Waals surface area (Å²) in [7, 11) is 0. The first-order valence-electron chi connectivity index (χ1n) is 9.85. The summed E-state index contributed by atoms with van der Waals surface area (Å²) in [6, 6.07) is 17.2. The number of para-hydroxylation sites is 1. The van der Waals surface area contributed by atoms with Crippen molar-refractivity contribution in [3.05, 3.63) is 83.6 Å². The summed E-state index contributed by atoms with van der Waals surface area (Å²) in [5, 5.41) is 11.8. The number of carbonyl (C=O) groups is 1. The minimum atomic E-state index is -0.208. The lowest BCUT2D eigenvalue weighted by atomic mass is 10.0. The number of aliphatic hydroxyl groups excluding tert-OH is 1. The van der Waals surface area contributed by atoms with Crippen LogP contribution in [0.15, 0.2) is 78.0 Å². The van der Waals surface area contributed by atoms with Gasteiger partial charge in [0.2, 0.25) is 0 Å². The highest BCUT2D eigenvalue weighted by Gasteiger charge is 2.09. The first-order chi connectivity index (χ1) is 14.0. The van der Waals surface area contributed by atoms with Crippen LogP contribution in [0.5, 0.6) is 11.5 Å². The molecule has 1 atom stereocenters. The van der Waals surface area contributed by atoms with Gasteiger partial charge in [-0.05, 0) is 55.5 Å². The Balaban J connectivity index is 1.90. The lowest BCUT2D eigenvalue weighted by molar-refractivity contribution is -0.117. The number of aliphatic hydroxyl groups is 1. The van der Waals surface area contributed by atoms with Crippen molar-refractivity contribution in [3.8, 4) is 11.5 Å². The summed E-state index contributed by atoms with van der Waals surface area (Å²) in [6.45, 7) is 4.33. The van der Waals surface area contributed by atoms with E-state index in [1.807, 2.05) is 67.6 Å². The van der Waals surface area contributed by atoms with Crippen molar-refractivity contribution >= 4 is 5.91 Å². The quantitative estimate of drug-likeness (QED) is 0.414. The Morgan fingerprint density at radius 1 is 1.14 bits per heavy atom. The third-order valence-corrected chi connectivity index (χ3v) is 4.43. The molecule has 1 unspecified atom stereocenters. The fourth-order valence-corrected chi connectivity index (χ4v) is 2.73. The molecular weight excluding hydrogens is 364 g/mol. The maximum atomic E-state index is 12.5. The number of ether oxygens (including phenoxy) is 1. The van der Waals surface area contributed by atoms with Crippen LogP contribution in [-0.2, 0) is 11.3 Å². The molecule has 0 aromatic heterocycles. The van der Waals surface area contributed by atoms with E-state index in [2.05, 4.69) is 5.32 Å². The molecule has 5 heteroatoms. The first kappa shape index (κ1) is 22.2. The van der Waals surface area contributed by atoms with Crippen molar-refractivity contribution in [2.75, 3.05) is 6.61 Å². The van der Waals surface area contributed by atoms with E-state index in [1.54, 1.807) is 13.0 Å². The SMILES string of the molecule is C/C(N)=C(\C=C/C(C)CCCO)C(=O)NCc1ccc(Oc2ccccc2)cc1. The Kier molecular flexibility index (Phi) is 8.99. The van der Waals surface area contributed by atoms with Gasteiger partial charge in [-0.15, -0.1) is 0 Å². The monoisotopic (exact) mass is 394 g/mol. The van der Waals surface area contributed by atoms with Gasteiger partial charge in [-0.1, -0.05) is 49.4 Å². The molecule has 0 bridgehead atoms. The normalized spacial score (nSPS) is 13.1. The van der Waals surface area contributed by atoms with Crippen molar-refractivity contribution in [3.63, 3.8) is 0 Å². The molecule has 0 saturated carbocycles. The fraction of sp³-hybridized carbons (Fsp3) is 0.292. The number of nitrogens with two attached hydrogens (primary N) is 1. The second kappa shape index (κ2) is 11.7. The second-order valence-electron chi connectivity index (χ2n) is 7.04. The van der Waals surface area contributed by atoms with E-state index in [0.717, 1.165) is 29.9 Å². The van der Waals surface area contributed by atoms with Crippen molar-refractivity contribution in [1.82, 2.24) is 5.32 Å². The van der Waals surface area contributed by atoms with Crippen molar-refractivity contribution in [2.45, 2.75) is 33.2 Å². The molecule has 2 rings (SSSR count). The van der Waals surface area contributed by atoms with Gasteiger partial charge in [0.25, 0.3) is 5.91 Å². The van der Waals surface area contributed by atoms with Crippen LogP contribution in [0.3, 0.4) is 0 Å². The highest BCUT2D eigenvalue weighted by atomic mass is 16.5. The Hall–Kier alpha value is -3.05.